The van der Waals surface area contributed by atoms with E-state index in [4.69, 9.17) is 15.9 Å². The fourth-order valence-electron chi connectivity index (χ4n) is 0.844. The minimum atomic E-state index is 0.0682. The molecular weight excluding hydrogens is 152 g/mol. The van der Waals surface area contributed by atoms with Crippen molar-refractivity contribution in [3.05, 3.63) is 11.5 Å². The Labute approximate surface area is 74.1 Å². The molecule has 0 aromatic heterocycles. The summed E-state index contributed by atoms with van der Waals surface area (Å²) in [7, 11) is 0. The zero-order valence-corrected chi connectivity index (χ0v) is 8.22. The first-order valence-corrected chi connectivity index (χ1v) is 4.15. The van der Waals surface area contributed by atoms with Crippen LogP contribution in [0.1, 0.15) is 27.7 Å². The maximum absolute atomic E-state index is 7.12. The Balaban J connectivity index is 4.49. The van der Waals surface area contributed by atoms with E-state index in [1.807, 2.05) is 27.7 Å². The quantitative estimate of drug-likeness (QED) is 0.500. The summed E-state index contributed by atoms with van der Waals surface area (Å²) in [5.41, 5.74) is 6.39. The first-order chi connectivity index (χ1) is 5.49. The van der Waals surface area contributed by atoms with E-state index in [0.717, 1.165) is 5.57 Å². The third-order valence-electron chi connectivity index (χ3n) is 1.42. The molecule has 0 aliphatic carbocycles. The molecule has 0 atom stereocenters. The van der Waals surface area contributed by atoms with Gasteiger partial charge < -0.3 is 15.9 Å². The third kappa shape index (κ3) is 3.42. The topological polar surface area (TPSA) is 59.1 Å². The van der Waals surface area contributed by atoms with Gasteiger partial charge in [0.1, 0.15) is 0 Å². The Bertz CT molecular complexity index is 183. The van der Waals surface area contributed by atoms with Crippen LogP contribution in [0.4, 0.5) is 0 Å². The van der Waals surface area contributed by atoms with Crippen LogP contribution in [-0.4, -0.2) is 12.3 Å². The highest BCUT2D eigenvalue weighted by Gasteiger charge is 2.07. The van der Waals surface area contributed by atoms with E-state index in [-0.39, 0.29) is 12.0 Å². The lowest BCUT2D eigenvalue weighted by atomic mass is 10.1. The molecule has 0 heterocycles. The molecule has 0 aromatic carbocycles. The Hall–Kier alpha value is -0.990. The van der Waals surface area contributed by atoms with Gasteiger partial charge in [-0.15, -0.1) is 0 Å². The molecular formula is C9H18N2O. The van der Waals surface area contributed by atoms with Crippen molar-refractivity contribution in [2.75, 3.05) is 0 Å². The summed E-state index contributed by atoms with van der Waals surface area (Å²) in [6.45, 7) is 7.79. The highest BCUT2D eigenvalue weighted by Crippen LogP contribution is 2.11. The highest BCUT2D eigenvalue weighted by atomic mass is 16.5. The van der Waals surface area contributed by atoms with Crippen LogP contribution >= 0.6 is 0 Å². The number of nitrogens with one attached hydrogen (secondary N) is 1. The maximum Gasteiger partial charge on any atom is 0.189 e. The van der Waals surface area contributed by atoms with Crippen molar-refractivity contribution in [3.63, 3.8) is 0 Å². The zero-order chi connectivity index (χ0) is 9.72. The van der Waals surface area contributed by atoms with Gasteiger partial charge in [0.05, 0.1) is 6.10 Å². The fraction of sp³-hybridized carbons (Fsp3) is 0.667. The largest absolute Gasteiger partial charge is 0.476 e. The van der Waals surface area contributed by atoms with Crippen LogP contribution in [0.2, 0.25) is 0 Å². The Morgan fingerprint density at radius 2 is 1.83 bits per heavy atom. The fourth-order valence-corrected chi connectivity index (χ4v) is 0.844. The Kier molecular flexibility index (Phi) is 4.40. The van der Waals surface area contributed by atoms with Crippen molar-refractivity contribution in [2.24, 2.45) is 11.7 Å². The molecule has 0 aliphatic rings. The van der Waals surface area contributed by atoms with E-state index in [2.05, 4.69) is 0 Å². The average Bonchev–Trinajstić information content (AvgIpc) is 1.85. The van der Waals surface area contributed by atoms with Gasteiger partial charge in [-0.1, -0.05) is 13.8 Å². The van der Waals surface area contributed by atoms with Crippen molar-refractivity contribution in [1.29, 1.82) is 5.41 Å². The van der Waals surface area contributed by atoms with Crippen LogP contribution in [0, 0.1) is 11.3 Å². The van der Waals surface area contributed by atoms with E-state index in [1.54, 1.807) is 0 Å². The van der Waals surface area contributed by atoms with Crippen LogP contribution < -0.4 is 5.73 Å². The summed E-state index contributed by atoms with van der Waals surface area (Å²) in [4.78, 5) is 0. The van der Waals surface area contributed by atoms with Crippen LogP contribution in [0.25, 0.3) is 0 Å². The molecule has 70 valence electrons. The van der Waals surface area contributed by atoms with Gasteiger partial charge in [0.2, 0.25) is 0 Å². The van der Waals surface area contributed by atoms with E-state index >= 15 is 0 Å². The van der Waals surface area contributed by atoms with Gasteiger partial charge in [-0.05, 0) is 19.8 Å². The molecule has 3 N–H and O–H groups in total. The number of rotatable bonds is 4. The number of hydrogen-bond donors (Lipinski definition) is 2. The molecule has 0 aliphatic heterocycles. The molecule has 0 aromatic rings. The highest BCUT2D eigenvalue weighted by molar-refractivity contribution is 5.76. The molecule has 3 heteroatoms. The van der Waals surface area contributed by atoms with Crippen LogP contribution in [-0.2, 0) is 4.74 Å². The Morgan fingerprint density at radius 1 is 1.33 bits per heavy atom. The third-order valence-corrected chi connectivity index (χ3v) is 1.42. The molecule has 0 spiro atoms. The second-order valence-corrected chi connectivity index (χ2v) is 3.29. The summed E-state index contributed by atoms with van der Waals surface area (Å²) in [6, 6.07) is 0. The SMILES string of the molecule is CC(C)O/C(N)=C(/C=N)C(C)C. The lowest BCUT2D eigenvalue weighted by Gasteiger charge is -2.14. The van der Waals surface area contributed by atoms with Gasteiger partial charge in [0.15, 0.2) is 5.88 Å². The van der Waals surface area contributed by atoms with Gasteiger partial charge in [-0.25, -0.2) is 0 Å². The van der Waals surface area contributed by atoms with Gasteiger partial charge in [0.25, 0.3) is 0 Å². The summed E-state index contributed by atoms with van der Waals surface area (Å²) in [5.74, 6) is 0.608. The average molecular weight is 170 g/mol. The maximum atomic E-state index is 7.12. The molecule has 0 fully saturated rings. The lowest BCUT2D eigenvalue weighted by molar-refractivity contribution is 0.142. The monoisotopic (exact) mass is 170 g/mol. The second kappa shape index (κ2) is 4.80. The van der Waals surface area contributed by atoms with E-state index < -0.39 is 0 Å². The van der Waals surface area contributed by atoms with Crippen LogP contribution in [0.3, 0.4) is 0 Å². The van der Waals surface area contributed by atoms with Gasteiger partial charge in [0, 0.05) is 11.8 Å². The number of ether oxygens (including phenoxy) is 1. The zero-order valence-electron chi connectivity index (χ0n) is 8.22. The van der Waals surface area contributed by atoms with Gasteiger partial charge >= 0.3 is 0 Å². The molecule has 0 saturated heterocycles. The first kappa shape index (κ1) is 11.0. The predicted octanol–water partition coefficient (Wildman–Crippen LogP) is 1.89. The minimum Gasteiger partial charge on any atom is -0.476 e. The van der Waals surface area contributed by atoms with Crippen molar-refractivity contribution in [2.45, 2.75) is 33.8 Å². The molecule has 0 amide bonds. The van der Waals surface area contributed by atoms with Crippen LogP contribution in [0.5, 0.6) is 0 Å². The van der Waals surface area contributed by atoms with E-state index in [9.17, 15) is 0 Å². The number of nitrogens with two attached hydrogens (primary N) is 1. The number of hydrogen-bond acceptors (Lipinski definition) is 3. The summed E-state index contributed by atoms with van der Waals surface area (Å²) >= 11 is 0. The molecule has 3 nitrogen and oxygen atoms in total. The Morgan fingerprint density at radius 3 is 2.08 bits per heavy atom. The van der Waals surface area contributed by atoms with Gasteiger partial charge in [-0.2, -0.15) is 0 Å². The molecule has 0 rings (SSSR count). The summed E-state index contributed by atoms with van der Waals surface area (Å²) < 4.78 is 5.27. The van der Waals surface area contributed by atoms with Crippen LogP contribution in [0.15, 0.2) is 11.5 Å². The predicted molar refractivity (Wildman–Crippen MR) is 51.1 cm³/mol. The van der Waals surface area contributed by atoms with Crippen molar-refractivity contribution in [1.82, 2.24) is 0 Å². The van der Waals surface area contributed by atoms with Crippen molar-refractivity contribution >= 4 is 6.21 Å². The second-order valence-electron chi connectivity index (χ2n) is 3.29. The minimum absolute atomic E-state index is 0.0682. The van der Waals surface area contributed by atoms with Crippen molar-refractivity contribution < 1.29 is 4.74 Å². The van der Waals surface area contributed by atoms with Gasteiger partial charge in [-0.3, -0.25) is 0 Å². The number of allylic oxidation sites excluding steroid dienone is 1. The standard InChI is InChI=1S/C9H18N2O/c1-6(2)8(5-10)9(11)12-7(3)4/h5-7,10H,11H2,1-4H3/b9-8-,10-5?. The molecule has 0 bridgehead atoms. The summed E-state index contributed by atoms with van der Waals surface area (Å²) in [6.07, 6.45) is 1.32. The molecule has 0 radical (unpaired) electrons. The first-order valence-electron chi connectivity index (χ1n) is 4.15. The lowest BCUT2D eigenvalue weighted by Crippen LogP contribution is -2.15. The smallest absolute Gasteiger partial charge is 0.189 e. The summed E-state index contributed by atoms with van der Waals surface area (Å²) in [5, 5.41) is 7.12. The molecule has 0 saturated carbocycles. The van der Waals surface area contributed by atoms with E-state index in [1.165, 1.54) is 6.21 Å². The van der Waals surface area contributed by atoms with Crippen molar-refractivity contribution in [3.8, 4) is 0 Å². The normalized spacial score (nSPS) is 13.2. The van der Waals surface area contributed by atoms with E-state index in [0.29, 0.717) is 5.88 Å². The molecule has 0 unspecified atom stereocenters. The molecule has 12 heavy (non-hydrogen) atoms.